The Morgan fingerprint density at radius 3 is 2.69 bits per heavy atom. The summed E-state index contributed by atoms with van der Waals surface area (Å²) in [6, 6.07) is 9.17. The van der Waals surface area contributed by atoms with E-state index in [2.05, 4.69) is 50.0 Å². The van der Waals surface area contributed by atoms with E-state index in [1.807, 2.05) is 6.07 Å². The Bertz CT molecular complexity index is 830. The van der Waals surface area contributed by atoms with Crippen molar-refractivity contribution in [2.75, 3.05) is 46.1 Å². The van der Waals surface area contributed by atoms with Gasteiger partial charge in [-0.3, -0.25) is 19.8 Å². The summed E-state index contributed by atoms with van der Waals surface area (Å²) in [5, 5.41) is 7.48. The van der Waals surface area contributed by atoms with Crippen LogP contribution >= 0.6 is 0 Å². The van der Waals surface area contributed by atoms with Crippen molar-refractivity contribution in [3.63, 3.8) is 0 Å². The molecule has 0 radical (unpaired) electrons. The lowest BCUT2D eigenvalue weighted by atomic mass is 10.0. The molecule has 1 aromatic carbocycles. The van der Waals surface area contributed by atoms with Gasteiger partial charge in [0.25, 0.3) is 0 Å². The Balaban J connectivity index is 1.11. The molecular weight excluding hydrogens is 366 g/mol. The Hall–Kier alpha value is -2.09. The minimum absolute atomic E-state index is 0.343. The molecule has 0 amide bonds. The number of benzene rings is 1. The number of nitrogens with zero attached hydrogens (tertiary/aromatic N) is 4. The molecule has 7 nitrogen and oxygen atoms in total. The quantitative estimate of drug-likeness (QED) is 0.835. The fourth-order valence-corrected chi connectivity index (χ4v) is 4.84. The number of hydrogen-bond acceptors (Lipinski definition) is 6. The number of H-pyrrole nitrogens is 1. The van der Waals surface area contributed by atoms with Crippen molar-refractivity contribution in [2.45, 2.75) is 38.9 Å². The highest BCUT2D eigenvalue weighted by Crippen LogP contribution is 2.33. The van der Waals surface area contributed by atoms with Crippen molar-refractivity contribution in [3.05, 3.63) is 41.2 Å². The van der Waals surface area contributed by atoms with Crippen molar-refractivity contribution in [2.24, 2.45) is 0 Å². The second kappa shape index (κ2) is 8.34. The van der Waals surface area contributed by atoms with Gasteiger partial charge in [-0.05, 0) is 50.1 Å². The number of piperidine rings is 1. The number of piperazine rings is 1. The molecule has 3 aliphatic rings. The molecule has 29 heavy (non-hydrogen) atoms. The average Bonchev–Trinajstić information content (AvgIpc) is 3.37. The Kier molecular flexibility index (Phi) is 5.44. The highest BCUT2D eigenvalue weighted by atomic mass is 16.7. The lowest BCUT2D eigenvalue weighted by Gasteiger charge is -2.43. The van der Waals surface area contributed by atoms with Crippen LogP contribution in [0, 0.1) is 6.92 Å². The van der Waals surface area contributed by atoms with Crippen LogP contribution in [-0.4, -0.2) is 77.0 Å². The first kappa shape index (κ1) is 18.9. The van der Waals surface area contributed by atoms with Gasteiger partial charge >= 0.3 is 0 Å². The van der Waals surface area contributed by atoms with Crippen LogP contribution in [0.25, 0.3) is 0 Å². The van der Waals surface area contributed by atoms with E-state index >= 15 is 0 Å². The van der Waals surface area contributed by atoms with E-state index in [1.54, 1.807) is 0 Å². The molecule has 5 rings (SSSR count). The van der Waals surface area contributed by atoms with Crippen LogP contribution in [-0.2, 0) is 13.1 Å². The van der Waals surface area contributed by atoms with Crippen LogP contribution in [0.15, 0.2) is 24.3 Å². The summed E-state index contributed by atoms with van der Waals surface area (Å²) in [4.78, 5) is 7.84. The van der Waals surface area contributed by atoms with E-state index in [9.17, 15) is 0 Å². The molecule has 4 heterocycles. The predicted molar refractivity (Wildman–Crippen MR) is 111 cm³/mol. The van der Waals surface area contributed by atoms with E-state index < -0.39 is 0 Å². The molecule has 0 bridgehead atoms. The predicted octanol–water partition coefficient (Wildman–Crippen LogP) is 2.23. The molecule has 1 aromatic heterocycles. The standard InChI is InChI=1S/C22H31N5O2/c1-17-11-19(24-23-17)14-26-6-2-3-20(15-26)27-9-7-25(8-10-27)13-18-4-5-21-22(12-18)29-16-28-21/h4-5,11-12,20H,2-3,6-10,13-16H2,1H3,(H,23,24). The van der Waals surface area contributed by atoms with Crippen molar-refractivity contribution in [1.29, 1.82) is 0 Å². The van der Waals surface area contributed by atoms with Gasteiger partial charge in [0.2, 0.25) is 6.79 Å². The third-order valence-corrected chi connectivity index (χ3v) is 6.39. The summed E-state index contributed by atoms with van der Waals surface area (Å²) in [6.45, 7) is 11.3. The lowest BCUT2D eigenvalue weighted by Crippen LogP contribution is -2.54. The molecule has 3 aliphatic heterocycles. The van der Waals surface area contributed by atoms with Crippen molar-refractivity contribution in [1.82, 2.24) is 24.9 Å². The largest absolute Gasteiger partial charge is 0.454 e. The second-order valence-corrected chi connectivity index (χ2v) is 8.57. The number of fused-ring (bicyclic) bond motifs is 1. The van der Waals surface area contributed by atoms with E-state index in [0.29, 0.717) is 12.8 Å². The molecule has 2 fully saturated rings. The topological polar surface area (TPSA) is 56.9 Å². The fourth-order valence-electron chi connectivity index (χ4n) is 4.84. The number of rotatable bonds is 5. The van der Waals surface area contributed by atoms with Crippen molar-refractivity contribution in [3.8, 4) is 11.5 Å². The zero-order valence-electron chi connectivity index (χ0n) is 17.3. The Morgan fingerprint density at radius 1 is 1.00 bits per heavy atom. The van der Waals surface area contributed by atoms with Gasteiger partial charge in [-0.15, -0.1) is 0 Å². The van der Waals surface area contributed by atoms with Crippen LogP contribution in [0.1, 0.15) is 29.8 Å². The number of ether oxygens (including phenoxy) is 2. The molecule has 2 saturated heterocycles. The minimum Gasteiger partial charge on any atom is -0.454 e. The van der Waals surface area contributed by atoms with Gasteiger partial charge in [0.05, 0.1) is 5.69 Å². The van der Waals surface area contributed by atoms with Crippen LogP contribution in [0.4, 0.5) is 0 Å². The molecule has 0 saturated carbocycles. The van der Waals surface area contributed by atoms with Gasteiger partial charge in [0.15, 0.2) is 11.5 Å². The number of aryl methyl sites for hydroxylation is 1. The number of aromatic amines is 1. The van der Waals surface area contributed by atoms with E-state index in [4.69, 9.17) is 9.47 Å². The van der Waals surface area contributed by atoms with Crippen LogP contribution < -0.4 is 9.47 Å². The number of likely N-dealkylation sites (tertiary alicyclic amines) is 1. The zero-order chi connectivity index (χ0) is 19.6. The second-order valence-electron chi connectivity index (χ2n) is 8.57. The molecule has 0 spiro atoms. The normalized spacial score (nSPS) is 23.6. The summed E-state index contributed by atoms with van der Waals surface area (Å²) < 4.78 is 10.9. The summed E-state index contributed by atoms with van der Waals surface area (Å²) in [6.07, 6.45) is 2.60. The molecule has 1 atom stereocenters. The summed E-state index contributed by atoms with van der Waals surface area (Å²) in [5.74, 6) is 1.75. The molecule has 156 valence electrons. The highest BCUT2D eigenvalue weighted by molar-refractivity contribution is 5.44. The molecule has 0 aliphatic carbocycles. The fraction of sp³-hybridized carbons (Fsp3) is 0.591. The van der Waals surface area contributed by atoms with Gasteiger partial charge in [-0.25, -0.2) is 0 Å². The van der Waals surface area contributed by atoms with Crippen molar-refractivity contribution >= 4 is 0 Å². The lowest BCUT2D eigenvalue weighted by molar-refractivity contribution is 0.0474. The third-order valence-electron chi connectivity index (χ3n) is 6.39. The Morgan fingerprint density at radius 2 is 1.86 bits per heavy atom. The minimum atomic E-state index is 0.343. The van der Waals surface area contributed by atoms with Gasteiger partial charge in [0.1, 0.15) is 0 Å². The molecule has 1 unspecified atom stereocenters. The van der Waals surface area contributed by atoms with Crippen LogP contribution in [0.5, 0.6) is 11.5 Å². The highest BCUT2D eigenvalue weighted by Gasteiger charge is 2.28. The summed E-state index contributed by atoms with van der Waals surface area (Å²) in [7, 11) is 0. The van der Waals surface area contributed by atoms with Gasteiger partial charge in [0, 0.05) is 57.5 Å². The van der Waals surface area contributed by atoms with E-state index in [0.717, 1.165) is 68.7 Å². The average molecular weight is 398 g/mol. The number of aromatic nitrogens is 2. The number of nitrogens with one attached hydrogen (secondary N) is 1. The maximum Gasteiger partial charge on any atom is 0.231 e. The molecule has 2 aromatic rings. The van der Waals surface area contributed by atoms with Gasteiger partial charge < -0.3 is 9.47 Å². The summed E-state index contributed by atoms with van der Waals surface area (Å²) >= 11 is 0. The van der Waals surface area contributed by atoms with Crippen LogP contribution in [0.3, 0.4) is 0 Å². The number of hydrogen-bond donors (Lipinski definition) is 1. The maximum atomic E-state index is 5.52. The monoisotopic (exact) mass is 397 g/mol. The van der Waals surface area contributed by atoms with Crippen LogP contribution in [0.2, 0.25) is 0 Å². The smallest absolute Gasteiger partial charge is 0.231 e. The van der Waals surface area contributed by atoms with Crippen molar-refractivity contribution < 1.29 is 9.47 Å². The first-order valence-corrected chi connectivity index (χ1v) is 10.8. The molecular formula is C22H31N5O2. The van der Waals surface area contributed by atoms with E-state index in [-0.39, 0.29) is 0 Å². The van der Waals surface area contributed by atoms with Gasteiger partial charge in [-0.1, -0.05) is 6.07 Å². The zero-order valence-corrected chi connectivity index (χ0v) is 17.3. The molecule has 7 heteroatoms. The first-order chi connectivity index (χ1) is 14.2. The Labute approximate surface area is 172 Å². The SMILES string of the molecule is Cc1cc(CN2CCCC(N3CCN(Cc4ccc5c(c4)OCO5)CC3)C2)n[nH]1. The van der Waals surface area contributed by atoms with E-state index in [1.165, 1.54) is 24.9 Å². The first-order valence-electron chi connectivity index (χ1n) is 10.8. The maximum absolute atomic E-state index is 5.52. The van der Waals surface area contributed by atoms with Gasteiger partial charge in [-0.2, -0.15) is 5.10 Å². The third kappa shape index (κ3) is 4.42. The summed E-state index contributed by atoms with van der Waals surface area (Å²) in [5.41, 5.74) is 3.62. The molecule has 1 N–H and O–H groups in total.